The first-order valence-electron chi connectivity index (χ1n) is 7.15. The van der Waals surface area contributed by atoms with Crippen molar-refractivity contribution < 1.29 is 0 Å². The number of benzene rings is 1. The third-order valence-electron chi connectivity index (χ3n) is 3.78. The molecule has 2 unspecified atom stereocenters. The summed E-state index contributed by atoms with van der Waals surface area (Å²) in [4.78, 5) is 0. The van der Waals surface area contributed by atoms with Gasteiger partial charge in [0.15, 0.2) is 0 Å². The van der Waals surface area contributed by atoms with Gasteiger partial charge in [0.25, 0.3) is 0 Å². The van der Waals surface area contributed by atoms with Crippen molar-refractivity contribution in [3.05, 3.63) is 27.8 Å². The average Bonchev–Trinajstić information content (AvgIpc) is 2.28. The second kappa shape index (κ2) is 6.78. The smallest absolute Gasteiger partial charge is 0.0352 e. The van der Waals surface area contributed by atoms with Crippen molar-refractivity contribution in [2.24, 2.45) is 11.8 Å². The van der Waals surface area contributed by atoms with Crippen LogP contribution in [0.25, 0.3) is 0 Å². The van der Waals surface area contributed by atoms with Gasteiger partial charge < -0.3 is 5.32 Å². The Hall–Kier alpha value is -0.250. The van der Waals surface area contributed by atoms with E-state index in [9.17, 15) is 0 Å². The highest BCUT2D eigenvalue weighted by Crippen LogP contribution is 2.31. The summed E-state index contributed by atoms with van der Waals surface area (Å²) in [6.45, 7) is 4.69. The Labute approximate surface area is 125 Å². The number of hydrogen-bond acceptors (Lipinski definition) is 1. The molecule has 0 amide bonds. The van der Waals surface area contributed by atoms with Crippen LogP contribution in [0.2, 0.25) is 0 Å². The van der Waals surface area contributed by atoms with Gasteiger partial charge in [-0.2, -0.15) is 0 Å². The van der Waals surface area contributed by atoms with Gasteiger partial charge in [0.05, 0.1) is 0 Å². The van der Waals surface area contributed by atoms with Crippen LogP contribution < -0.4 is 5.32 Å². The molecule has 1 nitrogen and oxygen atoms in total. The van der Waals surface area contributed by atoms with Gasteiger partial charge in [-0.3, -0.25) is 0 Å². The first kappa shape index (κ1) is 14.2. The Morgan fingerprint density at radius 3 is 2.89 bits per heavy atom. The predicted octanol–water partition coefficient (Wildman–Crippen LogP) is 5.31. The Kier molecular flexibility index (Phi) is 5.34. The SMILES string of the molecule is CC(C)CC1CCCC(Nc2cccc(I)c2)C1. The zero-order valence-corrected chi connectivity index (χ0v) is 13.6. The zero-order valence-electron chi connectivity index (χ0n) is 11.5. The first-order chi connectivity index (χ1) is 8.63. The molecule has 0 heterocycles. The Balaban J connectivity index is 1.89. The average molecular weight is 357 g/mol. The Morgan fingerprint density at radius 2 is 2.17 bits per heavy atom. The minimum atomic E-state index is 0.681. The number of rotatable bonds is 4. The van der Waals surface area contributed by atoms with E-state index in [0.717, 1.165) is 11.8 Å². The maximum atomic E-state index is 3.72. The molecule has 0 aliphatic heterocycles. The molecule has 1 N–H and O–H groups in total. The van der Waals surface area contributed by atoms with Gasteiger partial charge in [-0.1, -0.05) is 32.8 Å². The molecule has 1 aromatic rings. The van der Waals surface area contributed by atoms with E-state index >= 15 is 0 Å². The molecule has 0 aromatic heterocycles. The lowest BCUT2D eigenvalue weighted by molar-refractivity contribution is 0.289. The molecule has 2 heteroatoms. The summed E-state index contributed by atoms with van der Waals surface area (Å²) < 4.78 is 1.31. The molecule has 1 saturated carbocycles. The van der Waals surface area contributed by atoms with Crippen LogP contribution in [0.3, 0.4) is 0 Å². The van der Waals surface area contributed by atoms with E-state index in [1.165, 1.54) is 41.4 Å². The van der Waals surface area contributed by atoms with E-state index in [1.54, 1.807) is 0 Å². The molecular formula is C16H24IN. The largest absolute Gasteiger partial charge is 0.382 e. The van der Waals surface area contributed by atoms with Gasteiger partial charge in [-0.05, 0) is 71.9 Å². The molecule has 1 aliphatic carbocycles. The van der Waals surface area contributed by atoms with Crippen LogP contribution in [-0.2, 0) is 0 Å². The lowest BCUT2D eigenvalue weighted by Gasteiger charge is -2.31. The Bertz CT molecular complexity index is 375. The summed E-state index contributed by atoms with van der Waals surface area (Å²) in [5.74, 6) is 1.77. The second-order valence-corrected chi connectivity index (χ2v) is 7.26. The van der Waals surface area contributed by atoms with E-state index in [2.05, 4.69) is 66.0 Å². The molecule has 2 atom stereocenters. The van der Waals surface area contributed by atoms with Crippen LogP contribution in [-0.4, -0.2) is 6.04 Å². The van der Waals surface area contributed by atoms with Crippen molar-refractivity contribution >= 4 is 28.3 Å². The molecule has 18 heavy (non-hydrogen) atoms. The summed E-state index contributed by atoms with van der Waals surface area (Å²) in [7, 11) is 0. The van der Waals surface area contributed by atoms with Crippen molar-refractivity contribution in [3.63, 3.8) is 0 Å². The van der Waals surface area contributed by atoms with Crippen molar-refractivity contribution in [2.75, 3.05) is 5.32 Å². The summed E-state index contributed by atoms with van der Waals surface area (Å²) >= 11 is 2.38. The minimum Gasteiger partial charge on any atom is -0.382 e. The quantitative estimate of drug-likeness (QED) is 0.721. The molecule has 100 valence electrons. The van der Waals surface area contributed by atoms with E-state index in [1.807, 2.05) is 0 Å². The van der Waals surface area contributed by atoms with Gasteiger partial charge in [-0.15, -0.1) is 0 Å². The van der Waals surface area contributed by atoms with E-state index in [4.69, 9.17) is 0 Å². The molecule has 0 bridgehead atoms. The van der Waals surface area contributed by atoms with Crippen LogP contribution in [0.5, 0.6) is 0 Å². The third-order valence-corrected chi connectivity index (χ3v) is 4.45. The van der Waals surface area contributed by atoms with E-state index in [-0.39, 0.29) is 0 Å². The van der Waals surface area contributed by atoms with Gasteiger partial charge in [0, 0.05) is 15.3 Å². The predicted molar refractivity (Wildman–Crippen MR) is 88.0 cm³/mol. The number of halogens is 1. The zero-order chi connectivity index (χ0) is 13.0. The van der Waals surface area contributed by atoms with Crippen LogP contribution in [0.1, 0.15) is 46.0 Å². The highest BCUT2D eigenvalue weighted by molar-refractivity contribution is 14.1. The molecule has 0 saturated heterocycles. The van der Waals surface area contributed by atoms with Crippen LogP contribution in [0.15, 0.2) is 24.3 Å². The monoisotopic (exact) mass is 357 g/mol. The minimum absolute atomic E-state index is 0.681. The summed E-state index contributed by atoms with van der Waals surface area (Å²) in [6, 6.07) is 9.40. The molecule has 1 fully saturated rings. The second-order valence-electron chi connectivity index (χ2n) is 6.01. The van der Waals surface area contributed by atoms with Gasteiger partial charge >= 0.3 is 0 Å². The number of nitrogens with one attached hydrogen (secondary N) is 1. The van der Waals surface area contributed by atoms with Crippen molar-refractivity contribution in [1.82, 2.24) is 0 Å². The van der Waals surface area contributed by atoms with Gasteiger partial charge in [-0.25, -0.2) is 0 Å². The number of hydrogen-bond donors (Lipinski definition) is 1. The van der Waals surface area contributed by atoms with Crippen molar-refractivity contribution in [1.29, 1.82) is 0 Å². The van der Waals surface area contributed by atoms with Crippen molar-refractivity contribution in [3.8, 4) is 0 Å². The Morgan fingerprint density at radius 1 is 1.33 bits per heavy atom. The summed E-state index contributed by atoms with van der Waals surface area (Å²) in [5, 5.41) is 3.72. The lowest BCUT2D eigenvalue weighted by atomic mass is 9.81. The summed E-state index contributed by atoms with van der Waals surface area (Å²) in [5.41, 5.74) is 1.29. The fraction of sp³-hybridized carbons (Fsp3) is 0.625. The molecule has 2 rings (SSSR count). The van der Waals surface area contributed by atoms with Gasteiger partial charge in [0.1, 0.15) is 0 Å². The van der Waals surface area contributed by atoms with Crippen molar-refractivity contribution in [2.45, 2.75) is 52.0 Å². The highest BCUT2D eigenvalue weighted by Gasteiger charge is 2.22. The lowest BCUT2D eigenvalue weighted by Crippen LogP contribution is -2.27. The molecule has 0 radical (unpaired) electrons. The standard InChI is InChI=1S/C16H24IN/c1-12(2)9-13-5-3-7-15(10-13)18-16-8-4-6-14(17)11-16/h4,6,8,11-13,15,18H,3,5,7,9-10H2,1-2H3. The van der Waals surface area contributed by atoms with Gasteiger partial charge in [0.2, 0.25) is 0 Å². The normalized spacial score (nSPS) is 24.2. The molecule has 1 aliphatic rings. The third kappa shape index (κ3) is 4.45. The van der Waals surface area contributed by atoms with Crippen LogP contribution >= 0.6 is 22.6 Å². The maximum Gasteiger partial charge on any atom is 0.0352 e. The maximum absolute atomic E-state index is 3.72. The molecule has 0 spiro atoms. The van der Waals surface area contributed by atoms with Crippen LogP contribution in [0.4, 0.5) is 5.69 Å². The van der Waals surface area contributed by atoms with E-state index in [0.29, 0.717) is 6.04 Å². The van der Waals surface area contributed by atoms with Crippen LogP contribution in [0, 0.1) is 15.4 Å². The topological polar surface area (TPSA) is 12.0 Å². The summed E-state index contributed by atoms with van der Waals surface area (Å²) in [6.07, 6.45) is 6.90. The number of anilines is 1. The fourth-order valence-corrected chi connectivity index (χ4v) is 3.66. The molecular weight excluding hydrogens is 333 g/mol. The fourth-order valence-electron chi connectivity index (χ4n) is 3.12. The molecule has 1 aromatic carbocycles. The van der Waals surface area contributed by atoms with E-state index < -0.39 is 0 Å². The first-order valence-corrected chi connectivity index (χ1v) is 8.23. The highest BCUT2D eigenvalue weighted by atomic mass is 127.